The third-order valence-electron chi connectivity index (χ3n) is 5.14. The lowest BCUT2D eigenvalue weighted by molar-refractivity contribution is -0.209. The van der Waals surface area contributed by atoms with Crippen molar-refractivity contribution in [2.24, 2.45) is 22.6 Å². The van der Waals surface area contributed by atoms with E-state index in [0.717, 1.165) is 0 Å². The predicted molar refractivity (Wildman–Crippen MR) is 136 cm³/mol. The summed E-state index contributed by atoms with van der Waals surface area (Å²) in [6.07, 6.45) is -10.8. The molecule has 0 aromatic heterocycles. The first-order valence-electron chi connectivity index (χ1n) is 10.2. The molecule has 1 unspecified atom stereocenters. The van der Waals surface area contributed by atoms with Crippen molar-refractivity contribution >= 4 is 50.7 Å². The lowest BCUT2D eigenvalue weighted by Crippen LogP contribution is -2.81. The zero-order valence-corrected chi connectivity index (χ0v) is 25.3. The fourth-order valence-electron chi connectivity index (χ4n) is 3.55. The number of azide groups is 5. The molecular formula is C9H13N15O17S5. The van der Waals surface area contributed by atoms with E-state index in [0.29, 0.717) is 0 Å². The lowest BCUT2D eigenvalue weighted by atomic mass is 9.82. The summed E-state index contributed by atoms with van der Waals surface area (Å²) in [6.45, 7) is -2.62. The third kappa shape index (κ3) is 7.04. The minimum Gasteiger partial charge on any atom is -0.394 e. The molecule has 0 bridgehead atoms. The highest BCUT2D eigenvalue weighted by molar-refractivity contribution is 8.11. The first-order chi connectivity index (χ1) is 20.9. The Balaban J connectivity index is 5.43. The Morgan fingerprint density at radius 1 is 0.717 bits per heavy atom. The predicted octanol–water partition coefficient (Wildman–Crippen LogP) is -2.37. The summed E-state index contributed by atoms with van der Waals surface area (Å²) in [5, 5.41) is 42.3. The number of ether oxygens (including phenoxy) is 1. The van der Waals surface area contributed by atoms with Crippen LogP contribution in [0.25, 0.3) is 52.2 Å². The Labute approximate surface area is 253 Å². The van der Waals surface area contributed by atoms with E-state index < -0.39 is 103 Å². The molecule has 46 heavy (non-hydrogen) atoms. The van der Waals surface area contributed by atoms with Gasteiger partial charge in [0.2, 0.25) is 0 Å². The summed E-state index contributed by atoms with van der Waals surface area (Å²) in [6, 6.07) is 0. The van der Waals surface area contributed by atoms with Gasteiger partial charge in [0.15, 0.2) is 0 Å². The molecule has 256 valence electrons. The summed E-state index contributed by atoms with van der Waals surface area (Å²) in [5.74, 6) is 0. The van der Waals surface area contributed by atoms with Gasteiger partial charge >= 0.3 is 24.9 Å². The zero-order chi connectivity index (χ0) is 36.0. The maximum atomic E-state index is 13.8. The van der Waals surface area contributed by atoms with Gasteiger partial charge in [-0.1, -0.05) is 0 Å². The van der Waals surface area contributed by atoms with Crippen LogP contribution < -0.4 is 0 Å². The van der Waals surface area contributed by atoms with Crippen molar-refractivity contribution in [3.05, 3.63) is 52.2 Å². The van der Waals surface area contributed by atoms with E-state index in [1.165, 1.54) is 0 Å². The monoisotopic (exact) mass is 763 g/mol. The topological polar surface area (TPSA) is 526 Å². The maximum absolute atomic E-state index is 13.8. The smallest absolute Gasteiger partial charge is 0.361 e. The fraction of sp³-hybridized carbons (Fsp3) is 1.00. The van der Waals surface area contributed by atoms with Crippen molar-refractivity contribution < 1.29 is 75.6 Å². The van der Waals surface area contributed by atoms with Gasteiger partial charge in [-0.05, 0) is 27.7 Å². The van der Waals surface area contributed by atoms with Gasteiger partial charge in [0.05, 0.1) is 28.4 Å². The Kier molecular flexibility index (Phi) is 12.0. The molecule has 1 aliphatic heterocycles. The van der Waals surface area contributed by atoms with Crippen LogP contribution in [0.15, 0.2) is 22.6 Å². The van der Waals surface area contributed by atoms with E-state index in [1.807, 2.05) is 18.1 Å². The summed E-state index contributed by atoms with van der Waals surface area (Å²) in [7, 11) is -36.3. The largest absolute Gasteiger partial charge is 0.394 e. The first-order valence-corrected chi connectivity index (χ1v) is 17.3. The second kappa shape index (κ2) is 13.8. The molecule has 0 radical (unpaired) electrons. The molecule has 0 saturated carbocycles. The van der Waals surface area contributed by atoms with Gasteiger partial charge in [0.25, 0.3) is 35.0 Å². The molecule has 0 aromatic rings. The highest BCUT2D eigenvalue weighted by atomic mass is 32.3. The number of rotatable bonds is 19. The summed E-state index contributed by atoms with van der Waals surface area (Å²) in [4.78, 5) is 1.77. The summed E-state index contributed by atoms with van der Waals surface area (Å²) in [5.41, 5.74) is 38.9. The molecule has 0 amide bonds. The molecular weight excluding hydrogens is 751 g/mol. The van der Waals surface area contributed by atoms with Crippen LogP contribution in [0, 0.1) is 0 Å². The fourth-order valence-corrected chi connectivity index (χ4v) is 12.0. The molecule has 0 aromatic carbocycles. The average molecular weight is 764 g/mol. The van der Waals surface area contributed by atoms with Gasteiger partial charge in [0.1, 0.15) is 17.8 Å². The van der Waals surface area contributed by atoms with Crippen LogP contribution in [0.3, 0.4) is 0 Å². The van der Waals surface area contributed by atoms with Crippen LogP contribution in [0.5, 0.6) is 0 Å². The van der Waals surface area contributed by atoms with Crippen molar-refractivity contribution in [1.29, 1.82) is 0 Å². The van der Waals surface area contributed by atoms with Gasteiger partial charge < -0.3 is 25.2 Å². The van der Waals surface area contributed by atoms with E-state index in [9.17, 15) is 62.5 Å². The van der Waals surface area contributed by atoms with Crippen LogP contribution in [0.4, 0.5) is 0 Å². The van der Waals surface area contributed by atoms with E-state index >= 15 is 0 Å². The molecule has 1 saturated heterocycles. The third-order valence-corrected chi connectivity index (χ3v) is 12.9. The number of sulfonamides is 3. The highest BCUT2D eigenvalue weighted by Crippen LogP contribution is 2.56. The van der Waals surface area contributed by atoms with Crippen LogP contribution in [-0.4, -0.2) is 109 Å². The number of aliphatic hydroxyl groups is 4. The maximum Gasteiger partial charge on any atom is 0.361 e. The summed E-state index contributed by atoms with van der Waals surface area (Å²) >= 11 is 0. The van der Waals surface area contributed by atoms with Gasteiger partial charge in [-0.25, -0.2) is 33.6 Å². The molecule has 32 nitrogen and oxygen atoms in total. The molecule has 0 aliphatic carbocycles. The van der Waals surface area contributed by atoms with Gasteiger partial charge in [-0.15, -0.1) is 0 Å². The van der Waals surface area contributed by atoms with Crippen LogP contribution >= 0.6 is 0 Å². The zero-order valence-electron chi connectivity index (χ0n) is 21.2. The molecule has 1 heterocycles. The van der Waals surface area contributed by atoms with Crippen molar-refractivity contribution in [1.82, 2.24) is 0 Å². The van der Waals surface area contributed by atoms with E-state index in [4.69, 9.17) is 27.7 Å². The Morgan fingerprint density at radius 3 is 1.43 bits per heavy atom. The molecule has 5 atom stereocenters. The highest BCUT2D eigenvalue weighted by Gasteiger charge is 2.88. The second-order valence-electron chi connectivity index (χ2n) is 7.75. The minimum atomic E-state index is -7.55. The van der Waals surface area contributed by atoms with Crippen LogP contribution in [-0.2, 0) is 63.8 Å². The Morgan fingerprint density at radius 2 is 1.09 bits per heavy atom. The Hall–Kier alpha value is -3.98. The van der Waals surface area contributed by atoms with Crippen LogP contribution in [0.1, 0.15) is 6.42 Å². The lowest BCUT2D eigenvalue weighted by Gasteiger charge is -2.51. The van der Waals surface area contributed by atoms with Crippen LogP contribution in [0.2, 0.25) is 0 Å². The number of nitrogens with zero attached hydrogens (tertiary/aromatic N) is 15. The average Bonchev–Trinajstić information content (AvgIpc) is 3.72. The number of hydrogen-bond acceptors (Lipinski definition) is 17. The SMILES string of the molecule is [N-]=[N+]=NS(=O)(=O)OC([C@](OS(=O)(=O)N=[N+]=[N-])([C@](O)(CC1CO1)[C@H](O)[C@H](O)CO)S(=O)(=O)N=[N+]=[N-])(S(=O)(=O)N=[N+]=[N-])S(=O)(=O)N=[N+]=[N-]. The summed E-state index contributed by atoms with van der Waals surface area (Å²) < 4.78 is 148. The molecule has 37 heteroatoms. The van der Waals surface area contributed by atoms with E-state index in [-0.39, 0.29) is 0 Å². The molecule has 0 spiro atoms. The van der Waals surface area contributed by atoms with E-state index in [2.05, 4.69) is 13.1 Å². The van der Waals surface area contributed by atoms with Crippen molar-refractivity contribution in [2.75, 3.05) is 13.2 Å². The standard InChI is InChI=1S/C9H13N15O17S5/c10-15-20-42(29,30)8(40-45(35,36)23-18-13,7(28,1-4-3-39-4)6(27)5(26)2-25)9(43(31,32)21-16-11,44(33,34)22-17-12)41-46(37,38)24-19-14/h4-6,25-28H,1-3H2/t4?,5-,6-,7+,8+/m1/s1. The quantitative estimate of drug-likeness (QED) is 0.0462. The van der Waals surface area contributed by atoms with Gasteiger partial charge in [-0.3, -0.25) is 0 Å². The van der Waals surface area contributed by atoms with E-state index in [1.54, 1.807) is 29.1 Å². The van der Waals surface area contributed by atoms with Crippen molar-refractivity contribution in [3.63, 3.8) is 0 Å². The minimum absolute atomic E-state index is 0.734. The Bertz CT molecular complexity index is 1990. The van der Waals surface area contributed by atoms with Gasteiger partial charge in [0, 0.05) is 44.5 Å². The molecule has 1 aliphatic rings. The van der Waals surface area contributed by atoms with Crippen molar-refractivity contribution in [3.8, 4) is 0 Å². The molecule has 4 N–H and O–H groups in total. The molecule has 1 fully saturated rings. The van der Waals surface area contributed by atoms with Crippen molar-refractivity contribution in [2.45, 2.75) is 39.5 Å². The molecule has 1 rings (SSSR count). The van der Waals surface area contributed by atoms with Gasteiger partial charge in [-0.2, -0.15) is 16.8 Å². The second-order valence-corrected chi connectivity index (χ2v) is 15.4. The number of aliphatic hydroxyl groups excluding tert-OH is 3. The number of epoxide rings is 1. The normalized spacial score (nSPS) is 20.5. The first kappa shape index (κ1) is 40.0. The number of hydrogen-bond donors (Lipinski definition) is 4.